The van der Waals surface area contributed by atoms with Crippen molar-refractivity contribution in [2.75, 3.05) is 18.1 Å². The fraction of sp³-hybridized carbons (Fsp3) is 0.324. The standard InChI is InChI=1S/C34H34O6S2/c1-3-4-27(19-34(35)36)26-6-8-28(9-7-26)39-21-25-5-12-33-31(18-25)32(22-41-33)30-11-10-29(17-23(30)2)40-20-24-13-15-42(37,38)16-14-24/h5-12,17-18,22,24,27H,13-16,19-21H2,1-2H3,(H,35,36)/t27-/m0/s1. The van der Waals surface area contributed by atoms with E-state index in [2.05, 4.69) is 54.5 Å². The number of fused-ring (bicyclic) bond motifs is 1. The van der Waals surface area contributed by atoms with Crippen LogP contribution >= 0.6 is 11.3 Å². The van der Waals surface area contributed by atoms with Gasteiger partial charge in [0.2, 0.25) is 0 Å². The van der Waals surface area contributed by atoms with E-state index in [1.165, 1.54) is 15.6 Å². The minimum atomic E-state index is -2.87. The first kappa shape index (κ1) is 29.7. The number of aryl methyl sites for hydroxylation is 1. The van der Waals surface area contributed by atoms with Gasteiger partial charge in [-0.2, -0.15) is 0 Å². The maximum absolute atomic E-state index is 11.7. The third-order valence-corrected chi connectivity index (χ3v) is 10.4. The van der Waals surface area contributed by atoms with E-state index < -0.39 is 15.8 Å². The highest BCUT2D eigenvalue weighted by molar-refractivity contribution is 7.91. The van der Waals surface area contributed by atoms with Gasteiger partial charge in [-0.3, -0.25) is 4.79 Å². The van der Waals surface area contributed by atoms with E-state index in [0.29, 0.717) is 31.8 Å². The molecular weight excluding hydrogens is 569 g/mol. The Morgan fingerprint density at radius 2 is 1.74 bits per heavy atom. The van der Waals surface area contributed by atoms with Crippen LogP contribution in [0.4, 0.5) is 0 Å². The van der Waals surface area contributed by atoms with Crippen molar-refractivity contribution in [1.82, 2.24) is 0 Å². The van der Waals surface area contributed by atoms with Gasteiger partial charge in [-0.1, -0.05) is 30.2 Å². The van der Waals surface area contributed by atoms with Crippen LogP contribution in [-0.4, -0.2) is 37.6 Å². The van der Waals surface area contributed by atoms with Crippen LogP contribution in [-0.2, 0) is 21.2 Å². The average Bonchev–Trinajstić information content (AvgIpc) is 3.38. The molecule has 0 saturated carbocycles. The molecule has 1 fully saturated rings. The molecule has 1 aliphatic heterocycles. The number of ether oxygens (including phenoxy) is 2. The van der Waals surface area contributed by atoms with Gasteiger partial charge in [0, 0.05) is 15.6 Å². The van der Waals surface area contributed by atoms with Crippen molar-refractivity contribution in [1.29, 1.82) is 0 Å². The first-order valence-corrected chi connectivity index (χ1v) is 16.7. The Labute approximate surface area is 251 Å². The summed E-state index contributed by atoms with van der Waals surface area (Å²) >= 11 is 1.71. The second kappa shape index (κ2) is 13.0. The van der Waals surface area contributed by atoms with Crippen LogP contribution in [0.25, 0.3) is 21.2 Å². The Morgan fingerprint density at radius 1 is 1.00 bits per heavy atom. The molecular formula is C34H34O6S2. The first-order valence-electron chi connectivity index (χ1n) is 14.0. The highest BCUT2D eigenvalue weighted by atomic mass is 32.2. The number of thiophene rings is 1. The number of hydrogen-bond acceptors (Lipinski definition) is 6. The van der Waals surface area contributed by atoms with Crippen molar-refractivity contribution in [2.24, 2.45) is 5.92 Å². The summed E-state index contributed by atoms with van der Waals surface area (Å²) in [5.74, 6) is 6.88. The van der Waals surface area contributed by atoms with Crippen LogP contribution < -0.4 is 9.47 Å². The van der Waals surface area contributed by atoms with Gasteiger partial charge in [0.25, 0.3) is 0 Å². The molecule has 1 N–H and O–H groups in total. The van der Waals surface area contributed by atoms with Crippen LogP contribution in [0.15, 0.2) is 66.0 Å². The molecule has 1 aliphatic rings. The van der Waals surface area contributed by atoms with Gasteiger partial charge in [0.1, 0.15) is 27.9 Å². The third-order valence-electron chi connectivity index (χ3n) is 7.67. The summed E-state index contributed by atoms with van der Waals surface area (Å²) in [5, 5.41) is 12.5. The average molecular weight is 603 g/mol. The predicted octanol–water partition coefficient (Wildman–Crippen LogP) is 7.24. The zero-order valence-corrected chi connectivity index (χ0v) is 25.4. The molecule has 1 saturated heterocycles. The zero-order valence-electron chi connectivity index (χ0n) is 23.8. The first-order chi connectivity index (χ1) is 20.2. The summed E-state index contributed by atoms with van der Waals surface area (Å²) in [6.45, 7) is 4.75. The number of carbonyl (C=O) groups is 1. The number of hydrogen-bond donors (Lipinski definition) is 1. The molecule has 4 aromatic rings. The second-order valence-corrected chi connectivity index (χ2v) is 14.0. The number of carboxylic acid groups (broad SMARTS) is 1. The second-order valence-electron chi connectivity index (χ2n) is 10.8. The molecule has 0 spiro atoms. The van der Waals surface area contributed by atoms with Crippen molar-refractivity contribution in [3.63, 3.8) is 0 Å². The maximum atomic E-state index is 11.7. The van der Waals surface area contributed by atoms with Crippen LogP contribution in [0.1, 0.15) is 48.8 Å². The summed E-state index contributed by atoms with van der Waals surface area (Å²) < 4.78 is 36.7. The van der Waals surface area contributed by atoms with E-state index in [0.717, 1.165) is 28.0 Å². The predicted molar refractivity (Wildman–Crippen MR) is 168 cm³/mol. The van der Waals surface area contributed by atoms with Crippen LogP contribution in [0, 0.1) is 24.7 Å². The summed E-state index contributed by atoms with van der Waals surface area (Å²) in [6, 6.07) is 20.0. The van der Waals surface area contributed by atoms with Crippen LogP contribution in [0.5, 0.6) is 11.5 Å². The van der Waals surface area contributed by atoms with E-state index in [1.54, 1.807) is 18.3 Å². The molecule has 5 rings (SSSR count). The zero-order chi connectivity index (χ0) is 29.7. The molecule has 1 atom stereocenters. The lowest BCUT2D eigenvalue weighted by atomic mass is 9.96. The normalized spacial score (nSPS) is 15.5. The van der Waals surface area contributed by atoms with Crippen molar-refractivity contribution in [3.05, 3.63) is 82.7 Å². The molecule has 42 heavy (non-hydrogen) atoms. The molecule has 8 heteroatoms. The van der Waals surface area contributed by atoms with E-state index >= 15 is 0 Å². The summed E-state index contributed by atoms with van der Waals surface area (Å²) in [7, 11) is -2.87. The lowest BCUT2D eigenvalue weighted by Crippen LogP contribution is -2.26. The van der Waals surface area contributed by atoms with E-state index in [9.17, 15) is 18.3 Å². The van der Waals surface area contributed by atoms with Crippen molar-refractivity contribution < 1.29 is 27.8 Å². The Morgan fingerprint density at radius 3 is 2.43 bits per heavy atom. The molecule has 218 valence electrons. The highest BCUT2D eigenvalue weighted by Crippen LogP contribution is 2.37. The number of rotatable bonds is 10. The van der Waals surface area contributed by atoms with Crippen molar-refractivity contribution >= 4 is 37.2 Å². The Hall–Kier alpha value is -3.80. The summed E-state index contributed by atoms with van der Waals surface area (Å²) in [4.78, 5) is 11.2. The largest absolute Gasteiger partial charge is 0.493 e. The van der Waals surface area contributed by atoms with Crippen LogP contribution in [0.3, 0.4) is 0 Å². The van der Waals surface area contributed by atoms with Gasteiger partial charge in [0.15, 0.2) is 0 Å². The number of carboxylic acids is 1. The Bertz CT molecular complexity index is 1730. The number of aliphatic carboxylic acids is 1. The van der Waals surface area contributed by atoms with Crippen LogP contribution in [0.2, 0.25) is 0 Å². The molecule has 0 amide bonds. The Balaban J connectivity index is 1.25. The molecule has 0 radical (unpaired) electrons. The fourth-order valence-corrected chi connectivity index (χ4v) is 7.82. The minimum Gasteiger partial charge on any atom is -0.493 e. The van der Waals surface area contributed by atoms with E-state index in [4.69, 9.17) is 9.47 Å². The topological polar surface area (TPSA) is 89.9 Å². The lowest BCUT2D eigenvalue weighted by molar-refractivity contribution is -0.137. The van der Waals surface area contributed by atoms with Gasteiger partial charge in [-0.25, -0.2) is 8.42 Å². The van der Waals surface area contributed by atoms with Gasteiger partial charge in [-0.15, -0.1) is 17.3 Å². The van der Waals surface area contributed by atoms with E-state index in [-0.39, 0.29) is 29.8 Å². The summed E-state index contributed by atoms with van der Waals surface area (Å²) in [5.41, 5.74) is 5.36. The smallest absolute Gasteiger partial charge is 0.304 e. The van der Waals surface area contributed by atoms with Crippen molar-refractivity contribution in [2.45, 2.75) is 45.6 Å². The van der Waals surface area contributed by atoms with Gasteiger partial charge in [-0.05, 0) is 96.6 Å². The monoisotopic (exact) mass is 602 g/mol. The van der Waals surface area contributed by atoms with E-state index in [1.807, 2.05) is 30.3 Å². The van der Waals surface area contributed by atoms with Crippen molar-refractivity contribution in [3.8, 4) is 34.5 Å². The quantitative estimate of drug-likeness (QED) is 0.193. The maximum Gasteiger partial charge on any atom is 0.304 e. The SMILES string of the molecule is CC#C[C@@H](CC(=O)O)c1ccc(OCc2ccc3scc(-c4ccc(OCC5CCS(=O)(=O)CC5)cc4C)c3c2)cc1. The molecule has 6 nitrogen and oxygen atoms in total. The molecule has 3 aromatic carbocycles. The molecule has 1 aromatic heterocycles. The molecule has 0 unspecified atom stereocenters. The van der Waals surface area contributed by atoms with Gasteiger partial charge < -0.3 is 14.6 Å². The lowest BCUT2D eigenvalue weighted by Gasteiger charge is -2.22. The van der Waals surface area contributed by atoms with Gasteiger partial charge in [0.05, 0.1) is 30.5 Å². The molecule has 0 aliphatic carbocycles. The number of benzene rings is 3. The third kappa shape index (κ3) is 7.33. The summed E-state index contributed by atoms with van der Waals surface area (Å²) in [6.07, 6.45) is 1.30. The van der Waals surface area contributed by atoms with Gasteiger partial charge >= 0.3 is 5.97 Å². The Kier molecular flexibility index (Phi) is 9.20. The number of sulfone groups is 1. The minimum absolute atomic E-state index is 0.0338. The highest BCUT2D eigenvalue weighted by Gasteiger charge is 2.24. The molecule has 0 bridgehead atoms. The fourth-order valence-electron chi connectivity index (χ4n) is 5.29. The molecule has 2 heterocycles.